The maximum atomic E-state index is 11.9. The van der Waals surface area contributed by atoms with Crippen molar-refractivity contribution in [3.8, 4) is 11.5 Å². The number of carbonyl (C=O) groups is 1. The standard InChI is InChI=1S/C17H21N3O6S/c1-24-13-7-8-14(25-2)12(11-13)6-9-15(21)18-10-4-5-16-19-20-17(26-16)27(3,22)23/h6-9,11H,4-5,10H2,1-3H3,(H,18,21)/b9-6+. The molecule has 0 saturated heterocycles. The van der Waals surface area contributed by atoms with Crippen molar-refractivity contribution in [2.45, 2.75) is 18.1 Å². The van der Waals surface area contributed by atoms with Crippen molar-refractivity contribution in [2.24, 2.45) is 0 Å². The largest absolute Gasteiger partial charge is 0.497 e. The van der Waals surface area contributed by atoms with E-state index in [0.29, 0.717) is 36.4 Å². The van der Waals surface area contributed by atoms with E-state index in [1.807, 2.05) is 0 Å². The van der Waals surface area contributed by atoms with Gasteiger partial charge < -0.3 is 19.2 Å². The van der Waals surface area contributed by atoms with Crippen molar-refractivity contribution in [3.63, 3.8) is 0 Å². The summed E-state index contributed by atoms with van der Waals surface area (Å²) in [5, 5.41) is 9.45. The number of ether oxygens (including phenoxy) is 2. The first kappa shape index (κ1) is 20.4. The first-order valence-electron chi connectivity index (χ1n) is 8.04. The maximum absolute atomic E-state index is 11.9. The van der Waals surface area contributed by atoms with Crippen molar-refractivity contribution in [1.82, 2.24) is 15.5 Å². The molecular formula is C17H21N3O6S. The molecule has 1 aromatic carbocycles. The average molecular weight is 395 g/mol. The van der Waals surface area contributed by atoms with E-state index in [4.69, 9.17) is 13.9 Å². The number of aromatic nitrogens is 2. The predicted octanol–water partition coefficient (Wildman–Crippen LogP) is 1.25. The molecule has 9 nitrogen and oxygen atoms in total. The molecule has 0 aliphatic heterocycles. The van der Waals surface area contributed by atoms with Crippen LogP contribution in [0.5, 0.6) is 11.5 Å². The van der Waals surface area contributed by atoms with E-state index < -0.39 is 15.1 Å². The number of nitrogens with zero attached hydrogens (tertiary/aromatic N) is 2. The Bertz CT molecular complexity index is 921. The van der Waals surface area contributed by atoms with Crippen molar-refractivity contribution in [2.75, 3.05) is 27.0 Å². The Balaban J connectivity index is 1.83. The summed E-state index contributed by atoms with van der Waals surface area (Å²) in [7, 11) is -0.402. The van der Waals surface area contributed by atoms with Gasteiger partial charge in [0.25, 0.3) is 0 Å². The van der Waals surface area contributed by atoms with E-state index in [0.717, 1.165) is 6.26 Å². The number of amides is 1. The Morgan fingerprint density at radius 2 is 2.04 bits per heavy atom. The molecule has 0 spiro atoms. The second-order valence-corrected chi connectivity index (χ2v) is 7.46. The van der Waals surface area contributed by atoms with E-state index in [1.54, 1.807) is 38.5 Å². The third-order valence-electron chi connectivity index (χ3n) is 3.48. The smallest absolute Gasteiger partial charge is 0.335 e. The van der Waals surface area contributed by atoms with Crippen molar-refractivity contribution in [3.05, 3.63) is 35.7 Å². The highest BCUT2D eigenvalue weighted by Crippen LogP contribution is 2.24. The summed E-state index contributed by atoms with van der Waals surface area (Å²) in [4.78, 5) is 11.9. The van der Waals surface area contributed by atoms with Gasteiger partial charge in [-0.25, -0.2) is 8.42 Å². The monoisotopic (exact) mass is 395 g/mol. The lowest BCUT2D eigenvalue weighted by Gasteiger charge is -2.07. The quantitative estimate of drug-likeness (QED) is 0.497. The minimum Gasteiger partial charge on any atom is -0.497 e. The van der Waals surface area contributed by atoms with Gasteiger partial charge in [0, 0.05) is 30.9 Å². The summed E-state index contributed by atoms with van der Waals surface area (Å²) < 4.78 is 38.0. The van der Waals surface area contributed by atoms with Crippen LogP contribution < -0.4 is 14.8 Å². The van der Waals surface area contributed by atoms with Crippen LogP contribution >= 0.6 is 0 Å². The molecule has 0 fully saturated rings. The third-order valence-corrected chi connectivity index (χ3v) is 4.28. The molecule has 0 aliphatic carbocycles. The fraction of sp³-hybridized carbons (Fsp3) is 0.353. The number of rotatable bonds is 9. The summed E-state index contributed by atoms with van der Waals surface area (Å²) in [6.45, 7) is 0.370. The van der Waals surface area contributed by atoms with Gasteiger partial charge in [-0.2, -0.15) is 0 Å². The van der Waals surface area contributed by atoms with Crippen LogP contribution in [-0.4, -0.2) is 51.5 Å². The number of hydrogen-bond acceptors (Lipinski definition) is 8. The van der Waals surface area contributed by atoms with Crippen LogP contribution in [0.25, 0.3) is 6.08 Å². The minimum atomic E-state index is -3.51. The fourth-order valence-electron chi connectivity index (χ4n) is 2.13. The molecule has 0 bridgehead atoms. The van der Waals surface area contributed by atoms with Gasteiger partial charge >= 0.3 is 5.22 Å². The van der Waals surface area contributed by atoms with Gasteiger partial charge in [0.15, 0.2) is 0 Å². The van der Waals surface area contributed by atoms with Gasteiger partial charge in [-0.05, 0) is 30.7 Å². The van der Waals surface area contributed by atoms with Crippen molar-refractivity contribution < 1.29 is 27.1 Å². The Hall–Kier alpha value is -2.88. The Morgan fingerprint density at radius 3 is 2.67 bits per heavy atom. The van der Waals surface area contributed by atoms with E-state index in [2.05, 4.69) is 15.5 Å². The van der Waals surface area contributed by atoms with Gasteiger partial charge in [-0.3, -0.25) is 4.79 Å². The molecule has 1 heterocycles. The summed E-state index contributed by atoms with van der Waals surface area (Å²) in [5.41, 5.74) is 0.714. The second kappa shape index (κ2) is 9.17. The molecule has 2 aromatic rings. The average Bonchev–Trinajstić information content (AvgIpc) is 3.12. The van der Waals surface area contributed by atoms with Crippen LogP contribution in [-0.2, 0) is 21.1 Å². The number of nitrogens with one attached hydrogen (secondary N) is 1. The lowest BCUT2D eigenvalue weighted by Crippen LogP contribution is -2.22. The van der Waals surface area contributed by atoms with Gasteiger partial charge in [0.1, 0.15) is 11.5 Å². The van der Waals surface area contributed by atoms with Crippen LogP contribution in [0, 0.1) is 0 Å². The molecule has 10 heteroatoms. The Kier molecular flexibility index (Phi) is 6.94. The summed E-state index contributed by atoms with van der Waals surface area (Å²) >= 11 is 0. The molecule has 0 aliphatic rings. The molecule has 1 amide bonds. The Labute approximate surface area is 157 Å². The molecule has 146 valence electrons. The number of carbonyl (C=O) groups excluding carboxylic acids is 1. The summed E-state index contributed by atoms with van der Waals surface area (Å²) in [6, 6.07) is 5.28. The molecule has 27 heavy (non-hydrogen) atoms. The highest BCUT2D eigenvalue weighted by molar-refractivity contribution is 7.90. The molecule has 0 unspecified atom stereocenters. The van der Waals surface area contributed by atoms with E-state index in [-0.39, 0.29) is 11.8 Å². The molecule has 2 rings (SSSR count). The first-order chi connectivity index (χ1) is 12.8. The minimum absolute atomic E-state index is 0.210. The van der Waals surface area contributed by atoms with E-state index in [9.17, 15) is 13.2 Å². The number of aryl methyl sites for hydroxylation is 1. The topological polar surface area (TPSA) is 121 Å². The van der Waals surface area contributed by atoms with Gasteiger partial charge in [-0.1, -0.05) is 5.10 Å². The second-order valence-electron chi connectivity index (χ2n) is 5.57. The molecule has 0 radical (unpaired) electrons. The predicted molar refractivity (Wildman–Crippen MR) is 97.3 cm³/mol. The van der Waals surface area contributed by atoms with Crippen LogP contribution in [0.2, 0.25) is 0 Å². The Morgan fingerprint density at radius 1 is 1.26 bits per heavy atom. The highest BCUT2D eigenvalue weighted by atomic mass is 32.2. The first-order valence-corrected chi connectivity index (χ1v) is 9.93. The SMILES string of the molecule is COc1ccc(OC)c(/C=C/C(=O)NCCCc2nnc(S(C)(=O)=O)o2)c1. The fourth-order valence-corrected chi connectivity index (χ4v) is 2.57. The molecule has 0 saturated carbocycles. The van der Waals surface area contributed by atoms with Crippen molar-refractivity contribution in [1.29, 1.82) is 0 Å². The van der Waals surface area contributed by atoms with E-state index >= 15 is 0 Å². The van der Waals surface area contributed by atoms with Crippen LogP contribution in [0.1, 0.15) is 17.9 Å². The van der Waals surface area contributed by atoms with Crippen LogP contribution in [0.4, 0.5) is 0 Å². The molecule has 1 N–H and O–H groups in total. The van der Waals surface area contributed by atoms with Crippen LogP contribution in [0.3, 0.4) is 0 Å². The maximum Gasteiger partial charge on any atom is 0.335 e. The lowest BCUT2D eigenvalue weighted by molar-refractivity contribution is -0.116. The lowest BCUT2D eigenvalue weighted by atomic mass is 10.1. The number of benzene rings is 1. The van der Waals surface area contributed by atoms with Crippen LogP contribution in [0.15, 0.2) is 33.9 Å². The third kappa shape index (κ3) is 6.10. The zero-order chi connectivity index (χ0) is 19.9. The number of methoxy groups -OCH3 is 2. The zero-order valence-corrected chi connectivity index (χ0v) is 16.1. The zero-order valence-electron chi connectivity index (χ0n) is 15.3. The highest BCUT2D eigenvalue weighted by Gasteiger charge is 2.16. The van der Waals surface area contributed by atoms with Crippen molar-refractivity contribution >= 4 is 21.8 Å². The summed E-state index contributed by atoms with van der Waals surface area (Å²) in [6.07, 6.45) is 4.90. The normalized spacial score (nSPS) is 11.5. The van der Waals surface area contributed by atoms with E-state index in [1.165, 1.54) is 6.08 Å². The number of hydrogen-bond donors (Lipinski definition) is 1. The van der Waals surface area contributed by atoms with Gasteiger partial charge in [0.2, 0.25) is 21.6 Å². The van der Waals surface area contributed by atoms with Gasteiger partial charge in [-0.15, -0.1) is 5.10 Å². The molecule has 1 aromatic heterocycles. The molecular weight excluding hydrogens is 374 g/mol. The summed E-state index contributed by atoms with van der Waals surface area (Å²) in [5.74, 6) is 1.21. The van der Waals surface area contributed by atoms with Gasteiger partial charge in [0.05, 0.1) is 14.2 Å². The molecule has 0 atom stereocenters. The number of sulfone groups is 1.